The smallest absolute Gasteiger partial charge is 0.133 e. The van der Waals surface area contributed by atoms with Crippen LogP contribution in [0.3, 0.4) is 0 Å². The monoisotopic (exact) mass is 328 g/mol. The second-order valence-electron chi connectivity index (χ2n) is 4.79. The second-order valence-corrected chi connectivity index (χ2v) is 5.64. The maximum atomic E-state index is 5.96. The van der Waals surface area contributed by atoms with Gasteiger partial charge in [-0.2, -0.15) is 0 Å². The molecule has 0 aromatic heterocycles. The van der Waals surface area contributed by atoms with E-state index in [1.165, 1.54) is 5.56 Å². The minimum absolute atomic E-state index is 0.238. The number of hydrogen-bond acceptors (Lipinski definition) is 4. The fraction of sp³-hybridized carbons (Fsp3) is 0.571. The number of hydrogen-bond donors (Lipinski definition) is 1. The molecule has 1 saturated heterocycles. The summed E-state index contributed by atoms with van der Waals surface area (Å²) in [4.78, 5) is 2.39. The van der Waals surface area contributed by atoms with Gasteiger partial charge in [-0.3, -0.25) is 4.90 Å². The summed E-state index contributed by atoms with van der Waals surface area (Å²) in [5.74, 6) is 0.843. The van der Waals surface area contributed by atoms with Crippen molar-refractivity contribution < 1.29 is 9.47 Å². The Morgan fingerprint density at radius 2 is 2.26 bits per heavy atom. The van der Waals surface area contributed by atoms with Gasteiger partial charge in [-0.15, -0.1) is 0 Å². The largest absolute Gasteiger partial charge is 0.496 e. The van der Waals surface area contributed by atoms with Crippen LogP contribution in [0.1, 0.15) is 18.0 Å². The Morgan fingerprint density at radius 3 is 2.79 bits per heavy atom. The fourth-order valence-corrected chi connectivity index (χ4v) is 3.17. The molecule has 0 saturated carbocycles. The molecule has 5 heteroatoms. The Kier molecular flexibility index (Phi) is 5.21. The van der Waals surface area contributed by atoms with Crippen molar-refractivity contribution in [2.75, 3.05) is 33.9 Å². The van der Waals surface area contributed by atoms with Crippen LogP contribution in [0, 0.1) is 0 Å². The molecule has 19 heavy (non-hydrogen) atoms. The minimum atomic E-state index is 0.238. The summed E-state index contributed by atoms with van der Waals surface area (Å²) in [6, 6.07) is 6.39. The molecule has 0 bridgehead atoms. The average Bonchev–Trinajstić information content (AvgIpc) is 2.88. The maximum Gasteiger partial charge on any atom is 0.133 e. The van der Waals surface area contributed by atoms with Crippen LogP contribution in [0.15, 0.2) is 22.7 Å². The number of ether oxygens (including phenoxy) is 2. The molecule has 0 amide bonds. The van der Waals surface area contributed by atoms with Gasteiger partial charge in [-0.25, -0.2) is 0 Å². The van der Waals surface area contributed by atoms with Crippen LogP contribution in [0.4, 0.5) is 0 Å². The highest BCUT2D eigenvalue weighted by atomic mass is 79.9. The Balaban J connectivity index is 2.15. The highest BCUT2D eigenvalue weighted by Crippen LogP contribution is 2.31. The van der Waals surface area contributed by atoms with Crippen LogP contribution < -0.4 is 10.5 Å². The number of methoxy groups -OCH3 is 2. The number of nitrogens with zero attached hydrogens (tertiary/aromatic N) is 1. The summed E-state index contributed by atoms with van der Waals surface area (Å²) in [7, 11) is 3.44. The van der Waals surface area contributed by atoms with Gasteiger partial charge < -0.3 is 15.2 Å². The molecule has 1 aliphatic heterocycles. The van der Waals surface area contributed by atoms with Crippen molar-refractivity contribution in [2.45, 2.75) is 18.6 Å². The molecule has 1 aliphatic rings. The summed E-state index contributed by atoms with van der Waals surface area (Å²) < 4.78 is 11.6. The lowest BCUT2D eigenvalue weighted by Gasteiger charge is -2.27. The van der Waals surface area contributed by atoms with E-state index in [0.29, 0.717) is 12.6 Å². The molecule has 1 aromatic rings. The van der Waals surface area contributed by atoms with Gasteiger partial charge in [0.25, 0.3) is 0 Å². The molecule has 2 N–H and O–H groups in total. The van der Waals surface area contributed by atoms with Crippen LogP contribution in [-0.2, 0) is 4.74 Å². The van der Waals surface area contributed by atoms with Gasteiger partial charge in [-0.05, 0) is 40.0 Å². The Morgan fingerprint density at radius 1 is 1.47 bits per heavy atom. The number of rotatable bonds is 5. The first-order valence-electron chi connectivity index (χ1n) is 6.50. The predicted molar refractivity (Wildman–Crippen MR) is 79.5 cm³/mol. The third kappa shape index (κ3) is 3.28. The zero-order valence-electron chi connectivity index (χ0n) is 11.4. The van der Waals surface area contributed by atoms with Crippen LogP contribution in [-0.4, -0.2) is 44.9 Å². The Bertz CT molecular complexity index is 428. The molecule has 1 fully saturated rings. The van der Waals surface area contributed by atoms with Crippen molar-refractivity contribution in [3.8, 4) is 5.75 Å². The van der Waals surface area contributed by atoms with Gasteiger partial charge in [0.1, 0.15) is 5.75 Å². The molecular weight excluding hydrogens is 308 g/mol. The van der Waals surface area contributed by atoms with Crippen molar-refractivity contribution in [3.05, 3.63) is 28.2 Å². The standard InChI is InChI=1S/C14H21BrN2O2/c1-18-11-5-6-17(9-11)13(8-16)10-3-4-14(19-2)12(15)7-10/h3-4,7,11,13H,5-6,8-9,16H2,1-2H3. The van der Waals surface area contributed by atoms with E-state index in [4.69, 9.17) is 15.2 Å². The van der Waals surface area contributed by atoms with Gasteiger partial charge in [0.15, 0.2) is 0 Å². The van der Waals surface area contributed by atoms with Crippen LogP contribution in [0.5, 0.6) is 5.75 Å². The molecule has 2 unspecified atom stereocenters. The normalized spacial score (nSPS) is 21.6. The first-order valence-corrected chi connectivity index (χ1v) is 7.29. The fourth-order valence-electron chi connectivity index (χ4n) is 2.62. The van der Waals surface area contributed by atoms with Crippen molar-refractivity contribution in [1.82, 2.24) is 4.90 Å². The molecule has 2 atom stereocenters. The molecule has 106 valence electrons. The van der Waals surface area contributed by atoms with Crippen LogP contribution in [0.25, 0.3) is 0 Å². The van der Waals surface area contributed by atoms with Crippen molar-refractivity contribution >= 4 is 15.9 Å². The van der Waals surface area contributed by atoms with Gasteiger partial charge in [0.2, 0.25) is 0 Å². The molecule has 0 radical (unpaired) electrons. The molecule has 0 spiro atoms. The summed E-state index contributed by atoms with van der Waals surface area (Å²) >= 11 is 3.53. The summed E-state index contributed by atoms with van der Waals surface area (Å²) in [5.41, 5.74) is 7.18. The first kappa shape index (κ1) is 14.8. The summed E-state index contributed by atoms with van der Waals surface area (Å²) in [6.07, 6.45) is 1.40. The summed E-state index contributed by atoms with van der Waals surface area (Å²) in [6.45, 7) is 2.58. The lowest BCUT2D eigenvalue weighted by Crippen LogP contribution is -2.33. The Labute approximate surface area is 123 Å². The van der Waals surface area contributed by atoms with Crippen molar-refractivity contribution in [2.24, 2.45) is 5.73 Å². The van der Waals surface area contributed by atoms with Gasteiger partial charge in [-0.1, -0.05) is 6.07 Å². The van der Waals surface area contributed by atoms with E-state index in [-0.39, 0.29) is 6.04 Å². The van der Waals surface area contributed by atoms with E-state index >= 15 is 0 Å². The lowest BCUT2D eigenvalue weighted by molar-refractivity contribution is 0.101. The number of likely N-dealkylation sites (tertiary alicyclic amines) is 1. The maximum absolute atomic E-state index is 5.96. The van der Waals surface area contributed by atoms with E-state index in [2.05, 4.69) is 33.0 Å². The molecule has 1 aromatic carbocycles. The van der Waals surface area contributed by atoms with E-state index in [9.17, 15) is 0 Å². The SMILES string of the molecule is COc1ccc(C(CN)N2CCC(OC)C2)cc1Br. The second kappa shape index (κ2) is 6.70. The molecule has 0 aliphatic carbocycles. The van der Waals surface area contributed by atoms with E-state index in [1.54, 1.807) is 14.2 Å². The van der Waals surface area contributed by atoms with Crippen LogP contribution >= 0.6 is 15.9 Å². The van der Waals surface area contributed by atoms with E-state index < -0.39 is 0 Å². The van der Waals surface area contributed by atoms with Gasteiger partial charge in [0, 0.05) is 32.8 Å². The van der Waals surface area contributed by atoms with E-state index in [1.807, 2.05) is 6.07 Å². The zero-order valence-corrected chi connectivity index (χ0v) is 13.0. The topological polar surface area (TPSA) is 47.7 Å². The Hall–Kier alpha value is -0.620. The lowest BCUT2D eigenvalue weighted by atomic mass is 10.1. The predicted octanol–water partition coefficient (Wildman–Crippen LogP) is 2.18. The third-order valence-corrected chi connectivity index (χ3v) is 4.35. The first-order chi connectivity index (χ1) is 9.19. The van der Waals surface area contributed by atoms with Crippen LogP contribution in [0.2, 0.25) is 0 Å². The number of benzene rings is 1. The van der Waals surface area contributed by atoms with Gasteiger partial charge in [0.05, 0.1) is 17.7 Å². The number of nitrogens with two attached hydrogens (primary N) is 1. The van der Waals surface area contributed by atoms with Crippen molar-refractivity contribution in [3.63, 3.8) is 0 Å². The van der Waals surface area contributed by atoms with Crippen molar-refractivity contribution in [1.29, 1.82) is 0 Å². The molecule has 1 heterocycles. The van der Waals surface area contributed by atoms with E-state index in [0.717, 1.165) is 29.7 Å². The number of halogens is 1. The zero-order chi connectivity index (χ0) is 13.8. The highest BCUT2D eigenvalue weighted by molar-refractivity contribution is 9.10. The molecule has 2 rings (SSSR count). The quantitative estimate of drug-likeness (QED) is 0.900. The van der Waals surface area contributed by atoms with Gasteiger partial charge >= 0.3 is 0 Å². The minimum Gasteiger partial charge on any atom is -0.496 e. The molecule has 4 nitrogen and oxygen atoms in total. The highest BCUT2D eigenvalue weighted by Gasteiger charge is 2.28. The average molecular weight is 329 g/mol. The molecular formula is C14H21BrN2O2. The third-order valence-electron chi connectivity index (χ3n) is 3.73. The summed E-state index contributed by atoms with van der Waals surface area (Å²) in [5, 5.41) is 0.